The lowest BCUT2D eigenvalue weighted by Gasteiger charge is -2.10. The average molecular weight is 322 g/mol. The number of thioether (sulfide) groups is 1. The molecular formula is C12H14N6O3S. The zero-order chi connectivity index (χ0) is 16.1. The second-order valence-corrected chi connectivity index (χ2v) is 5.49. The Hall–Kier alpha value is -2.62. The standard InChI is InChI=1S/C12H14N6O3S/c1-7(10(19)14-11(13)20)22-12-15-16-17-18(12)8-3-5-9(21-2)6-4-8/h3-7H,1-2H3,(H3,13,14,19,20)/t7-/m1/s1. The van der Waals surface area contributed by atoms with Crippen molar-refractivity contribution in [3.63, 3.8) is 0 Å². The third-order valence-corrected chi connectivity index (χ3v) is 3.69. The van der Waals surface area contributed by atoms with Crippen LogP contribution in [-0.4, -0.2) is 44.5 Å². The van der Waals surface area contributed by atoms with Crippen molar-refractivity contribution in [2.75, 3.05) is 7.11 Å². The molecule has 2 aromatic rings. The Morgan fingerprint density at radius 2 is 2.05 bits per heavy atom. The number of ether oxygens (including phenoxy) is 1. The largest absolute Gasteiger partial charge is 0.497 e. The SMILES string of the molecule is COc1ccc(-n2nnnc2S[C@H](C)C(=O)NC(N)=O)cc1. The smallest absolute Gasteiger partial charge is 0.318 e. The summed E-state index contributed by atoms with van der Waals surface area (Å²) in [4.78, 5) is 22.4. The number of nitrogens with one attached hydrogen (secondary N) is 1. The molecule has 9 nitrogen and oxygen atoms in total. The van der Waals surface area contributed by atoms with Gasteiger partial charge in [-0.05, 0) is 41.6 Å². The maximum Gasteiger partial charge on any atom is 0.318 e. The summed E-state index contributed by atoms with van der Waals surface area (Å²) in [7, 11) is 1.58. The van der Waals surface area contributed by atoms with Crippen molar-refractivity contribution in [1.82, 2.24) is 25.5 Å². The molecule has 0 saturated heterocycles. The third kappa shape index (κ3) is 3.73. The van der Waals surface area contributed by atoms with E-state index in [4.69, 9.17) is 10.5 Å². The molecular weight excluding hydrogens is 308 g/mol. The summed E-state index contributed by atoms with van der Waals surface area (Å²) in [6, 6.07) is 6.22. The van der Waals surface area contributed by atoms with Gasteiger partial charge in [0.05, 0.1) is 18.0 Å². The first-order chi connectivity index (χ1) is 10.5. The van der Waals surface area contributed by atoms with Gasteiger partial charge in [0.1, 0.15) is 5.75 Å². The lowest BCUT2D eigenvalue weighted by Crippen LogP contribution is -2.39. The van der Waals surface area contributed by atoms with Crippen molar-refractivity contribution in [1.29, 1.82) is 0 Å². The molecule has 0 aliphatic rings. The van der Waals surface area contributed by atoms with Gasteiger partial charge in [-0.15, -0.1) is 5.10 Å². The summed E-state index contributed by atoms with van der Waals surface area (Å²) in [5.74, 6) is 0.196. The molecule has 0 saturated carbocycles. The Morgan fingerprint density at radius 3 is 2.64 bits per heavy atom. The van der Waals surface area contributed by atoms with Gasteiger partial charge in [0.15, 0.2) is 0 Å². The molecule has 0 aliphatic carbocycles. The molecule has 1 aromatic carbocycles. The first-order valence-corrected chi connectivity index (χ1v) is 7.09. The molecule has 0 radical (unpaired) electrons. The number of nitrogens with zero attached hydrogens (tertiary/aromatic N) is 4. The second kappa shape index (κ2) is 6.89. The topological polar surface area (TPSA) is 125 Å². The van der Waals surface area contributed by atoms with Crippen LogP contribution in [0, 0.1) is 0 Å². The number of carbonyl (C=O) groups is 2. The predicted octanol–water partition coefficient (Wildman–Crippen LogP) is 0.346. The highest BCUT2D eigenvalue weighted by atomic mass is 32.2. The number of tetrazole rings is 1. The van der Waals surface area contributed by atoms with E-state index in [1.54, 1.807) is 38.3 Å². The van der Waals surface area contributed by atoms with Crippen molar-refractivity contribution in [2.24, 2.45) is 5.73 Å². The fourth-order valence-corrected chi connectivity index (χ4v) is 2.38. The third-order valence-electron chi connectivity index (χ3n) is 2.66. The average Bonchev–Trinajstić information content (AvgIpc) is 2.94. The van der Waals surface area contributed by atoms with Crippen molar-refractivity contribution in [3.8, 4) is 11.4 Å². The summed E-state index contributed by atoms with van der Waals surface area (Å²) >= 11 is 1.11. The molecule has 22 heavy (non-hydrogen) atoms. The van der Waals surface area contributed by atoms with E-state index in [0.29, 0.717) is 10.9 Å². The van der Waals surface area contributed by atoms with Crippen LogP contribution in [0.2, 0.25) is 0 Å². The second-order valence-electron chi connectivity index (χ2n) is 4.18. The number of aromatic nitrogens is 4. The Bertz CT molecular complexity index is 672. The van der Waals surface area contributed by atoms with E-state index in [1.807, 2.05) is 5.32 Å². The number of nitrogens with two attached hydrogens (primary N) is 1. The molecule has 3 amide bonds. The van der Waals surface area contributed by atoms with Crippen LogP contribution in [0.1, 0.15) is 6.92 Å². The number of methoxy groups -OCH3 is 1. The maximum absolute atomic E-state index is 11.7. The first kappa shape index (κ1) is 15.8. The molecule has 0 fully saturated rings. The summed E-state index contributed by atoms with van der Waals surface area (Å²) in [6.07, 6.45) is 0. The highest BCUT2D eigenvalue weighted by Gasteiger charge is 2.20. The number of primary amides is 1. The normalized spacial score (nSPS) is 11.7. The number of hydrogen-bond donors (Lipinski definition) is 2. The van der Waals surface area contributed by atoms with Gasteiger partial charge in [-0.2, -0.15) is 4.68 Å². The molecule has 0 unspecified atom stereocenters. The van der Waals surface area contributed by atoms with Gasteiger partial charge >= 0.3 is 6.03 Å². The fourth-order valence-electron chi connectivity index (χ4n) is 1.57. The van der Waals surface area contributed by atoms with Crippen LogP contribution >= 0.6 is 11.8 Å². The van der Waals surface area contributed by atoms with Gasteiger partial charge in [0, 0.05) is 0 Å². The van der Waals surface area contributed by atoms with Gasteiger partial charge in [-0.25, -0.2) is 4.79 Å². The Labute approximate surface area is 130 Å². The monoisotopic (exact) mass is 322 g/mol. The fraction of sp³-hybridized carbons (Fsp3) is 0.250. The molecule has 2 rings (SSSR count). The van der Waals surface area contributed by atoms with Crippen molar-refractivity contribution < 1.29 is 14.3 Å². The lowest BCUT2D eigenvalue weighted by atomic mass is 10.3. The molecule has 0 spiro atoms. The molecule has 0 bridgehead atoms. The van der Waals surface area contributed by atoms with Gasteiger partial charge in [0.2, 0.25) is 11.1 Å². The first-order valence-electron chi connectivity index (χ1n) is 6.21. The van der Waals surface area contributed by atoms with E-state index in [9.17, 15) is 9.59 Å². The summed E-state index contributed by atoms with van der Waals surface area (Å²) in [5, 5.41) is 13.2. The van der Waals surface area contributed by atoms with Gasteiger partial charge in [-0.3, -0.25) is 10.1 Å². The van der Waals surface area contributed by atoms with E-state index >= 15 is 0 Å². The number of carbonyl (C=O) groups excluding carboxylic acids is 2. The van der Waals surface area contributed by atoms with Crippen LogP contribution in [0.3, 0.4) is 0 Å². The number of benzene rings is 1. The number of urea groups is 1. The number of imide groups is 1. The van der Waals surface area contributed by atoms with Crippen LogP contribution in [0.4, 0.5) is 4.79 Å². The van der Waals surface area contributed by atoms with Crippen LogP contribution in [0.15, 0.2) is 29.4 Å². The van der Waals surface area contributed by atoms with Crippen molar-refractivity contribution in [3.05, 3.63) is 24.3 Å². The zero-order valence-electron chi connectivity index (χ0n) is 11.9. The van der Waals surface area contributed by atoms with Crippen LogP contribution in [0.5, 0.6) is 5.75 Å². The highest BCUT2D eigenvalue weighted by Crippen LogP contribution is 2.23. The molecule has 1 atom stereocenters. The van der Waals surface area contributed by atoms with E-state index in [0.717, 1.165) is 17.4 Å². The molecule has 116 valence electrons. The van der Waals surface area contributed by atoms with E-state index in [1.165, 1.54) is 4.68 Å². The quantitative estimate of drug-likeness (QED) is 0.761. The minimum absolute atomic E-state index is 0.414. The Kier molecular flexibility index (Phi) is 4.94. The van der Waals surface area contributed by atoms with E-state index < -0.39 is 17.2 Å². The van der Waals surface area contributed by atoms with Crippen LogP contribution < -0.4 is 15.8 Å². The Morgan fingerprint density at radius 1 is 1.36 bits per heavy atom. The summed E-state index contributed by atoms with van der Waals surface area (Å²) in [5.41, 5.74) is 5.63. The summed E-state index contributed by atoms with van der Waals surface area (Å²) in [6.45, 7) is 1.62. The lowest BCUT2D eigenvalue weighted by molar-refractivity contribution is -0.119. The minimum Gasteiger partial charge on any atom is -0.497 e. The van der Waals surface area contributed by atoms with Crippen molar-refractivity contribution in [2.45, 2.75) is 17.3 Å². The number of amides is 3. The molecule has 1 heterocycles. The van der Waals surface area contributed by atoms with E-state index in [-0.39, 0.29) is 0 Å². The zero-order valence-corrected chi connectivity index (χ0v) is 12.7. The van der Waals surface area contributed by atoms with Crippen LogP contribution in [0.25, 0.3) is 5.69 Å². The van der Waals surface area contributed by atoms with Gasteiger partial charge in [-0.1, -0.05) is 11.8 Å². The highest BCUT2D eigenvalue weighted by molar-refractivity contribution is 8.00. The van der Waals surface area contributed by atoms with E-state index in [2.05, 4.69) is 15.5 Å². The minimum atomic E-state index is -0.896. The molecule has 1 aromatic heterocycles. The molecule has 0 aliphatic heterocycles. The molecule has 3 N–H and O–H groups in total. The summed E-state index contributed by atoms with van der Waals surface area (Å²) < 4.78 is 6.57. The molecule has 10 heteroatoms. The van der Waals surface area contributed by atoms with Gasteiger partial charge < -0.3 is 10.5 Å². The van der Waals surface area contributed by atoms with Gasteiger partial charge in [0.25, 0.3) is 0 Å². The van der Waals surface area contributed by atoms with Crippen molar-refractivity contribution >= 4 is 23.7 Å². The maximum atomic E-state index is 11.7. The van der Waals surface area contributed by atoms with Crippen LogP contribution in [-0.2, 0) is 4.79 Å². The Balaban J connectivity index is 2.15. The predicted molar refractivity (Wildman–Crippen MR) is 78.8 cm³/mol. The number of hydrogen-bond acceptors (Lipinski definition) is 7. The number of rotatable bonds is 5.